The molecule has 7 nitrogen and oxygen atoms in total. The van der Waals surface area contributed by atoms with Crippen molar-refractivity contribution in [3.8, 4) is 0 Å². The second kappa shape index (κ2) is 6.22. The van der Waals surface area contributed by atoms with Crippen LogP contribution in [0.15, 0.2) is 18.2 Å². The molecule has 0 saturated carbocycles. The average Bonchev–Trinajstić information content (AvgIpc) is 2.59. The highest BCUT2D eigenvalue weighted by atomic mass is 16.6. The number of nitrogens with zero attached hydrogens (tertiary/aromatic N) is 2. The summed E-state index contributed by atoms with van der Waals surface area (Å²) in [5.74, 6) is -0.0176. The molecule has 0 radical (unpaired) electrons. The number of amides is 1. The van der Waals surface area contributed by atoms with Gasteiger partial charge in [0, 0.05) is 36.2 Å². The molecule has 1 heterocycles. The molecule has 1 saturated heterocycles. The fourth-order valence-electron chi connectivity index (χ4n) is 3.69. The number of Topliss-reactive ketones (excluding diaryl/α,β-unsaturated/α-hetero) is 1. The monoisotopic (exact) mass is 332 g/mol. The minimum atomic E-state index is -0.509. The lowest BCUT2D eigenvalue weighted by Gasteiger charge is -2.42. The number of ether oxygens (including phenoxy) is 1. The van der Waals surface area contributed by atoms with Crippen LogP contribution < -0.4 is 0 Å². The van der Waals surface area contributed by atoms with Crippen molar-refractivity contribution >= 4 is 17.6 Å². The van der Waals surface area contributed by atoms with Crippen molar-refractivity contribution in [1.29, 1.82) is 0 Å². The number of aryl methyl sites for hydroxylation is 1. The van der Waals surface area contributed by atoms with Gasteiger partial charge < -0.3 is 9.64 Å². The molecule has 0 unspecified atom stereocenters. The van der Waals surface area contributed by atoms with Crippen molar-refractivity contribution in [1.82, 2.24) is 4.90 Å². The SMILES string of the molecule is CCOC(=O)N1CCC2(CCc3ccc([N+](=O)[O-])cc3C2=O)CC1. The molecule has 0 bridgehead atoms. The van der Waals surface area contributed by atoms with Gasteiger partial charge in [0.05, 0.1) is 11.5 Å². The molecule has 1 aliphatic carbocycles. The van der Waals surface area contributed by atoms with Crippen molar-refractivity contribution in [2.75, 3.05) is 19.7 Å². The second-order valence-corrected chi connectivity index (χ2v) is 6.39. The van der Waals surface area contributed by atoms with E-state index >= 15 is 0 Å². The van der Waals surface area contributed by atoms with E-state index in [-0.39, 0.29) is 17.6 Å². The van der Waals surface area contributed by atoms with E-state index in [0.29, 0.717) is 38.1 Å². The lowest BCUT2D eigenvalue weighted by molar-refractivity contribution is -0.384. The predicted molar refractivity (Wildman–Crippen MR) is 86.0 cm³/mol. The molecule has 2 aliphatic rings. The molecule has 3 rings (SSSR count). The van der Waals surface area contributed by atoms with Gasteiger partial charge in [0.25, 0.3) is 5.69 Å². The molecule has 7 heteroatoms. The first-order valence-corrected chi connectivity index (χ1v) is 8.21. The molecule has 0 atom stereocenters. The zero-order valence-electron chi connectivity index (χ0n) is 13.6. The zero-order valence-corrected chi connectivity index (χ0v) is 13.6. The van der Waals surface area contributed by atoms with Gasteiger partial charge in [-0.2, -0.15) is 0 Å². The lowest BCUT2D eigenvalue weighted by atomic mass is 9.65. The third kappa shape index (κ3) is 2.74. The van der Waals surface area contributed by atoms with Gasteiger partial charge in [0.15, 0.2) is 5.78 Å². The van der Waals surface area contributed by atoms with E-state index in [9.17, 15) is 19.7 Å². The van der Waals surface area contributed by atoms with E-state index in [1.165, 1.54) is 12.1 Å². The topological polar surface area (TPSA) is 89.8 Å². The molecule has 1 fully saturated rings. The Kier molecular flexibility index (Phi) is 4.26. The first-order chi connectivity index (χ1) is 11.5. The number of nitro groups is 1. The number of fused-ring (bicyclic) bond motifs is 1. The first-order valence-electron chi connectivity index (χ1n) is 8.21. The van der Waals surface area contributed by atoms with Crippen molar-refractivity contribution in [2.45, 2.75) is 32.6 Å². The molecule has 24 heavy (non-hydrogen) atoms. The molecular formula is C17H20N2O5. The summed E-state index contributed by atoms with van der Waals surface area (Å²) in [6.07, 6.45) is 2.28. The molecule has 1 aromatic rings. The minimum absolute atomic E-state index is 0.0176. The summed E-state index contributed by atoms with van der Waals surface area (Å²) in [6, 6.07) is 4.54. The summed E-state index contributed by atoms with van der Waals surface area (Å²) in [7, 11) is 0. The fraction of sp³-hybridized carbons (Fsp3) is 0.529. The number of non-ortho nitro benzene ring substituents is 1. The van der Waals surface area contributed by atoms with E-state index in [1.54, 1.807) is 17.9 Å². The highest BCUT2D eigenvalue weighted by Gasteiger charge is 2.45. The minimum Gasteiger partial charge on any atom is -0.450 e. The third-order valence-corrected chi connectivity index (χ3v) is 5.15. The van der Waals surface area contributed by atoms with Gasteiger partial charge in [0.2, 0.25) is 0 Å². The van der Waals surface area contributed by atoms with E-state index in [4.69, 9.17) is 4.74 Å². The number of ketones is 1. The standard InChI is InChI=1S/C17H20N2O5/c1-2-24-16(21)18-9-7-17(8-10-18)6-5-12-3-4-13(19(22)23)11-14(12)15(17)20/h3-4,11H,2,5-10H2,1H3. The summed E-state index contributed by atoms with van der Waals surface area (Å²) in [5.41, 5.74) is 0.790. The van der Waals surface area contributed by atoms with Crippen LogP contribution >= 0.6 is 0 Å². The molecule has 1 amide bonds. The van der Waals surface area contributed by atoms with Crippen molar-refractivity contribution in [2.24, 2.45) is 5.41 Å². The van der Waals surface area contributed by atoms with Gasteiger partial charge in [0.1, 0.15) is 0 Å². The largest absolute Gasteiger partial charge is 0.450 e. The number of carbonyl (C=O) groups is 2. The summed E-state index contributed by atoms with van der Waals surface area (Å²) in [6.45, 7) is 3.05. The number of rotatable bonds is 2. The maximum atomic E-state index is 13.0. The van der Waals surface area contributed by atoms with Crippen LogP contribution in [-0.4, -0.2) is 41.4 Å². The van der Waals surface area contributed by atoms with Crippen LogP contribution in [0, 0.1) is 15.5 Å². The Bertz CT molecular complexity index is 692. The average molecular weight is 332 g/mol. The van der Waals surface area contributed by atoms with E-state index in [0.717, 1.165) is 18.4 Å². The van der Waals surface area contributed by atoms with Gasteiger partial charge in [-0.3, -0.25) is 14.9 Å². The Morgan fingerprint density at radius 1 is 1.33 bits per heavy atom. The number of nitro benzene ring substituents is 1. The normalized spacial score (nSPS) is 19.0. The molecule has 1 aromatic carbocycles. The Morgan fingerprint density at radius 3 is 2.67 bits per heavy atom. The Hall–Kier alpha value is -2.44. The molecule has 1 aliphatic heterocycles. The van der Waals surface area contributed by atoms with Crippen molar-refractivity contribution in [3.05, 3.63) is 39.4 Å². The Labute approximate surface area is 139 Å². The lowest BCUT2D eigenvalue weighted by Crippen LogP contribution is -2.48. The highest BCUT2D eigenvalue weighted by molar-refractivity contribution is 6.03. The first kappa shape index (κ1) is 16.4. The van der Waals surface area contributed by atoms with Gasteiger partial charge in [-0.05, 0) is 38.2 Å². The van der Waals surface area contributed by atoms with E-state index < -0.39 is 10.3 Å². The molecule has 128 valence electrons. The van der Waals surface area contributed by atoms with Crippen LogP contribution in [0.5, 0.6) is 0 Å². The van der Waals surface area contributed by atoms with Gasteiger partial charge >= 0.3 is 6.09 Å². The molecule has 0 aromatic heterocycles. The summed E-state index contributed by atoms with van der Waals surface area (Å²) >= 11 is 0. The maximum Gasteiger partial charge on any atom is 0.409 e. The number of benzene rings is 1. The van der Waals surface area contributed by atoms with Gasteiger partial charge in [-0.15, -0.1) is 0 Å². The van der Waals surface area contributed by atoms with Crippen LogP contribution in [0.3, 0.4) is 0 Å². The Morgan fingerprint density at radius 2 is 2.04 bits per heavy atom. The number of piperidine rings is 1. The summed E-state index contributed by atoms with van der Waals surface area (Å²) in [4.78, 5) is 37.0. The van der Waals surface area contributed by atoms with Crippen LogP contribution in [0.25, 0.3) is 0 Å². The molecular weight excluding hydrogens is 312 g/mol. The second-order valence-electron chi connectivity index (χ2n) is 6.39. The van der Waals surface area contributed by atoms with E-state index in [1.807, 2.05) is 0 Å². The smallest absolute Gasteiger partial charge is 0.409 e. The number of carbonyl (C=O) groups excluding carboxylic acids is 2. The zero-order chi connectivity index (χ0) is 17.3. The van der Waals surface area contributed by atoms with Gasteiger partial charge in [-0.1, -0.05) is 6.07 Å². The fourth-order valence-corrected chi connectivity index (χ4v) is 3.69. The number of likely N-dealkylation sites (tertiary alicyclic amines) is 1. The quantitative estimate of drug-likeness (QED) is 0.613. The molecule has 0 N–H and O–H groups in total. The number of hydrogen-bond donors (Lipinski definition) is 0. The van der Waals surface area contributed by atoms with Crippen molar-refractivity contribution < 1.29 is 19.2 Å². The molecule has 1 spiro atoms. The van der Waals surface area contributed by atoms with E-state index in [2.05, 4.69) is 0 Å². The maximum absolute atomic E-state index is 13.0. The predicted octanol–water partition coefficient (Wildman–Crippen LogP) is 2.96. The van der Waals surface area contributed by atoms with Crippen LogP contribution in [0.2, 0.25) is 0 Å². The van der Waals surface area contributed by atoms with Crippen LogP contribution in [0.1, 0.15) is 42.1 Å². The van der Waals surface area contributed by atoms with Gasteiger partial charge in [-0.25, -0.2) is 4.79 Å². The summed E-state index contributed by atoms with van der Waals surface area (Å²) in [5, 5.41) is 11.0. The van der Waals surface area contributed by atoms with Crippen LogP contribution in [-0.2, 0) is 11.2 Å². The van der Waals surface area contributed by atoms with Crippen LogP contribution in [0.4, 0.5) is 10.5 Å². The highest BCUT2D eigenvalue weighted by Crippen LogP contribution is 2.44. The van der Waals surface area contributed by atoms with Crippen molar-refractivity contribution in [3.63, 3.8) is 0 Å². The third-order valence-electron chi connectivity index (χ3n) is 5.15. The Balaban J connectivity index is 1.80. The number of hydrogen-bond acceptors (Lipinski definition) is 5. The summed E-state index contributed by atoms with van der Waals surface area (Å²) < 4.78 is 5.01.